The van der Waals surface area contributed by atoms with Gasteiger partial charge in [-0.1, -0.05) is 12.1 Å². The molecule has 0 aliphatic carbocycles. The topological polar surface area (TPSA) is 41.1 Å². The Kier molecular flexibility index (Phi) is 4.85. The van der Waals surface area contributed by atoms with Crippen molar-refractivity contribution >= 4 is 0 Å². The zero-order chi connectivity index (χ0) is 15.4. The van der Waals surface area contributed by atoms with Crippen LogP contribution in [0, 0.1) is 11.7 Å². The van der Waals surface area contributed by atoms with Gasteiger partial charge in [-0.15, -0.1) is 0 Å². The number of ether oxygens (including phenoxy) is 1. The zero-order valence-electron chi connectivity index (χ0n) is 12.8. The SMILES string of the molecule is CO[C@@H]1CN(Cc2ccn[nH]2)CC[C@@H]1Cc1ccc(F)cc1. The summed E-state index contributed by atoms with van der Waals surface area (Å²) >= 11 is 0. The van der Waals surface area contributed by atoms with Crippen LogP contribution in [0.1, 0.15) is 17.7 Å². The molecule has 1 aromatic heterocycles. The molecule has 4 nitrogen and oxygen atoms in total. The van der Waals surface area contributed by atoms with Crippen LogP contribution in [0.15, 0.2) is 36.5 Å². The van der Waals surface area contributed by atoms with E-state index in [1.165, 1.54) is 17.7 Å². The van der Waals surface area contributed by atoms with Gasteiger partial charge in [0.25, 0.3) is 0 Å². The van der Waals surface area contributed by atoms with E-state index in [2.05, 4.69) is 15.1 Å². The van der Waals surface area contributed by atoms with Crippen LogP contribution in [-0.2, 0) is 17.7 Å². The molecule has 1 fully saturated rings. The number of benzene rings is 1. The highest BCUT2D eigenvalue weighted by molar-refractivity contribution is 5.17. The maximum Gasteiger partial charge on any atom is 0.123 e. The van der Waals surface area contributed by atoms with Gasteiger partial charge >= 0.3 is 0 Å². The number of hydrogen-bond donors (Lipinski definition) is 1. The Labute approximate surface area is 130 Å². The third-order valence-corrected chi connectivity index (χ3v) is 4.45. The van der Waals surface area contributed by atoms with Crippen molar-refractivity contribution in [1.82, 2.24) is 15.1 Å². The van der Waals surface area contributed by atoms with E-state index in [1.54, 1.807) is 13.3 Å². The molecule has 0 bridgehead atoms. The molecule has 0 spiro atoms. The molecular formula is C17H22FN3O. The van der Waals surface area contributed by atoms with Crippen molar-refractivity contribution in [2.24, 2.45) is 5.92 Å². The number of hydrogen-bond acceptors (Lipinski definition) is 3. The fourth-order valence-corrected chi connectivity index (χ4v) is 3.21. The second kappa shape index (κ2) is 7.03. The lowest BCUT2D eigenvalue weighted by molar-refractivity contribution is -0.0139. The Hall–Kier alpha value is -1.72. The van der Waals surface area contributed by atoms with Gasteiger partial charge in [-0.25, -0.2) is 4.39 Å². The number of piperidine rings is 1. The van der Waals surface area contributed by atoms with E-state index < -0.39 is 0 Å². The van der Waals surface area contributed by atoms with E-state index in [0.29, 0.717) is 5.92 Å². The summed E-state index contributed by atoms with van der Waals surface area (Å²) in [5, 5.41) is 7.00. The number of halogens is 1. The normalized spacial score (nSPS) is 22.8. The van der Waals surface area contributed by atoms with Crippen molar-refractivity contribution in [2.75, 3.05) is 20.2 Å². The van der Waals surface area contributed by atoms with E-state index in [4.69, 9.17) is 4.74 Å². The average Bonchev–Trinajstić information content (AvgIpc) is 3.04. The largest absolute Gasteiger partial charge is 0.380 e. The van der Waals surface area contributed by atoms with E-state index in [0.717, 1.165) is 38.2 Å². The number of nitrogens with one attached hydrogen (secondary N) is 1. The van der Waals surface area contributed by atoms with E-state index in [-0.39, 0.29) is 11.9 Å². The van der Waals surface area contributed by atoms with Gasteiger partial charge < -0.3 is 4.74 Å². The smallest absolute Gasteiger partial charge is 0.123 e. The van der Waals surface area contributed by atoms with Crippen LogP contribution in [-0.4, -0.2) is 41.4 Å². The molecule has 118 valence electrons. The van der Waals surface area contributed by atoms with Crippen LogP contribution in [0.2, 0.25) is 0 Å². The summed E-state index contributed by atoms with van der Waals surface area (Å²) in [6, 6.07) is 8.82. The number of aromatic nitrogens is 2. The van der Waals surface area contributed by atoms with Gasteiger partial charge in [-0.2, -0.15) is 5.10 Å². The molecule has 1 N–H and O–H groups in total. The Morgan fingerprint density at radius 3 is 2.82 bits per heavy atom. The minimum absolute atomic E-state index is 0.179. The number of methoxy groups -OCH3 is 1. The maximum atomic E-state index is 13.0. The Morgan fingerprint density at radius 1 is 1.32 bits per heavy atom. The van der Waals surface area contributed by atoms with Crippen LogP contribution in [0.5, 0.6) is 0 Å². The molecular weight excluding hydrogens is 281 g/mol. The van der Waals surface area contributed by atoms with Gasteiger partial charge in [-0.05, 0) is 49.1 Å². The third-order valence-electron chi connectivity index (χ3n) is 4.45. The van der Waals surface area contributed by atoms with Gasteiger partial charge in [0.15, 0.2) is 0 Å². The minimum Gasteiger partial charge on any atom is -0.380 e. The van der Waals surface area contributed by atoms with E-state index in [1.807, 2.05) is 18.2 Å². The predicted octanol–water partition coefficient (Wildman–Crippen LogP) is 2.63. The van der Waals surface area contributed by atoms with Crippen LogP contribution >= 0.6 is 0 Å². The van der Waals surface area contributed by atoms with Gasteiger partial charge in [0.1, 0.15) is 5.82 Å². The summed E-state index contributed by atoms with van der Waals surface area (Å²) in [6.07, 6.45) is 4.02. The van der Waals surface area contributed by atoms with Crippen molar-refractivity contribution in [3.05, 3.63) is 53.6 Å². The van der Waals surface area contributed by atoms with Crippen molar-refractivity contribution < 1.29 is 9.13 Å². The highest BCUT2D eigenvalue weighted by Gasteiger charge is 2.29. The number of H-pyrrole nitrogens is 1. The van der Waals surface area contributed by atoms with Gasteiger partial charge in [-0.3, -0.25) is 10.00 Å². The van der Waals surface area contributed by atoms with Crippen LogP contribution in [0.3, 0.4) is 0 Å². The van der Waals surface area contributed by atoms with Crippen LogP contribution in [0.4, 0.5) is 4.39 Å². The van der Waals surface area contributed by atoms with Gasteiger partial charge in [0, 0.05) is 32.1 Å². The minimum atomic E-state index is -0.179. The highest BCUT2D eigenvalue weighted by atomic mass is 19.1. The molecule has 2 atom stereocenters. The van der Waals surface area contributed by atoms with E-state index >= 15 is 0 Å². The lowest BCUT2D eigenvalue weighted by Crippen LogP contribution is -2.45. The summed E-state index contributed by atoms with van der Waals surface area (Å²) in [5.41, 5.74) is 2.31. The third kappa shape index (κ3) is 3.72. The molecule has 0 unspecified atom stereocenters. The lowest BCUT2D eigenvalue weighted by Gasteiger charge is -2.37. The van der Waals surface area contributed by atoms with Crippen molar-refractivity contribution in [3.63, 3.8) is 0 Å². The summed E-state index contributed by atoms with van der Waals surface area (Å²) in [6.45, 7) is 2.84. The molecule has 1 saturated heterocycles. The molecule has 0 saturated carbocycles. The molecule has 2 heterocycles. The fourth-order valence-electron chi connectivity index (χ4n) is 3.21. The summed E-state index contributed by atoms with van der Waals surface area (Å²) in [5.74, 6) is 0.301. The lowest BCUT2D eigenvalue weighted by atomic mass is 9.87. The first-order valence-electron chi connectivity index (χ1n) is 7.72. The molecule has 22 heavy (non-hydrogen) atoms. The molecule has 0 amide bonds. The quantitative estimate of drug-likeness (QED) is 0.923. The van der Waals surface area contributed by atoms with Gasteiger partial charge in [0.05, 0.1) is 6.10 Å². The second-order valence-corrected chi connectivity index (χ2v) is 5.97. The van der Waals surface area contributed by atoms with Crippen LogP contribution < -0.4 is 0 Å². The van der Waals surface area contributed by atoms with Crippen molar-refractivity contribution in [3.8, 4) is 0 Å². The van der Waals surface area contributed by atoms with E-state index in [9.17, 15) is 4.39 Å². The standard InChI is InChI=1S/C17H22FN3O/c1-22-17-12-21(11-16-6-8-19-20-16)9-7-14(17)10-13-2-4-15(18)5-3-13/h2-6,8,14,17H,7,9-12H2,1H3,(H,19,20)/t14-,17-/m1/s1. The zero-order valence-corrected chi connectivity index (χ0v) is 12.8. The first-order valence-corrected chi connectivity index (χ1v) is 7.72. The maximum absolute atomic E-state index is 13.0. The number of rotatable bonds is 5. The highest BCUT2D eigenvalue weighted by Crippen LogP contribution is 2.25. The Morgan fingerprint density at radius 2 is 2.14 bits per heavy atom. The second-order valence-electron chi connectivity index (χ2n) is 5.97. The average molecular weight is 303 g/mol. The molecule has 1 aromatic carbocycles. The number of nitrogens with zero attached hydrogens (tertiary/aromatic N) is 2. The first kappa shape index (κ1) is 15.2. The summed E-state index contributed by atoms with van der Waals surface area (Å²) in [7, 11) is 1.78. The van der Waals surface area contributed by atoms with Gasteiger partial charge in [0.2, 0.25) is 0 Å². The predicted molar refractivity (Wildman–Crippen MR) is 82.9 cm³/mol. The molecule has 2 aromatic rings. The molecule has 3 rings (SSSR count). The molecule has 1 aliphatic rings. The summed E-state index contributed by atoms with van der Waals surface area (Å²) in [4.78, 5) is 2.39. The monoisotopic (exact) mass is 303 g/mol. The fraction of sp³-hybridized carbons (Fsp3) is 0.471. The molecule has 0 radical (unpaired) electrons. The first-order chi connectivity index (χ1) is 10.7. The van der Waals surface area contributed by atoms with Crippen LogP contribution in [0.25, 0.3) is 0 Å². The van der Waals surface area contributed by atoms with Crippen molar-refractivity contribution in [2.45, 2.75) is 25.5 Å². The van der Waals surface area contributed by atoms with Crippen molar-refractivity contribution in [1.29, 1.82) is 0 Å². The summed E-state index contributed by atoms with van der Waals surface area (Å²) < 4.78 is 18.7. The number of aromatic amines is 1. The number of likely N-dealkylation sites (tertiary alicyclic amines) is 1. The molecule has 5 heteroatoms. The molecule has 1 aliphatic heterocycles. The Balaban J connectivity index is 1.59. The Bertz CT molecular complexity index is 570.